The molecule has 0 fully saturated rings. The van der Waals surface area contributed by atoms with E-state index >= 15 is 0 Å². The molecule has 220 valence electrons. The highest BCUT2D eigenvalue weighted by atomic mass is 16.4. The third-order valence-electron chi connectivity index (χ3n) is 7.25. The van der Waals surface area contributed by atoms with Crippen LogP contribution in [-0.4, -0.2) is 22.2 Å². The lowest BCUT2D eigenvalue weighted by Gasteiger charge is -2.12. The van der Waals surface area contributed by atoms with Crippen LogP contribution in [0, 0.1) is 5.92 Å². The van der Waals surface area contributed by atoms with E-state index in [0.717, 1.165) is 77.0 Å². The van der Waals surface area contributed by atoms with Gasteiger partial charge in [0, 0.05) is 6.42 Å². The van der Waals surface area contributed by atoms with Gasteiger partial charge in [-0.2, -0.15) is 0 Å². The quantitative estimate of drug-likeness (QED) is 0.0742. The van der Waals surface area contributed by atoms with Gasteiger partial charge in [0.25, 0.3) is 0 Å². The van der Waals surface area contributed by atoms with E-state index in [2.05, 4.69) is 43.4 Å². The molecule has 4 nitrogen and oxygen atoms in total. The number of carboxylic acid groups (broad SMARTS) is 2. The highest BCUT2D eigenvalue weighted by molar-refractivity contribution is 5.69. The molecule has 0 aliphatic rings. The van der Waals surface area contributed by atoms with Gasteiger partial charge < -0.3 is 10.2 Å². The highest BCUT2D eigenvalue weighted by Crippen LogP contribution is 2.20. The number of carboxylic acids is 2. The van der Waals surface area contributed by atoms with Crippen molar-refractivity contribution >= 4 is 11.9 Å². The van der Waals surface area contributed by atoms with Crippen LogP contribution in [0.15, 0.2) is 36.5 Å². The number of hydrogen-bond donors (Lipinski definition) is 2. The second-order valence-electron chi connectivity index (χ2n) is 10.8. The van der Waals surface area contributed by atoms with Crippen molar-refractivity contribution in [3.05, 3.63) is 36.5 Å². The molecule has 2 N–H and O–H groups in total. The lowest BCUT2D eigenvalue weighted by atomic mass is 9.94. The minimum absolute atomic E-state index is 0.155. The van der Waals surface area contributed by atoms with Gasteiger partial charge in [0.2, 0.25) is 0 Å². The van der Waals surface area contributed by atoms with Crippen molar-refractivity contribution in [3.63, 3.8) is 0 Å². The number of rotatable bonds is 29. The minimum Gasteiger partial charge on any atom is -0.481 e. The maximum atomic E-state index is 11.6. The van der Waals surface area contributed by atoms with Crippen molar-refractivity contribution in [2.45, 2.75) is 161 Å². The number of carbonyl (C=O) groups is 2. The molecule has 0 heterocycles. The molecular formula is C34H60O4. The Bertz CT molecular complexity index is 620. The normalized spacial score (nSPS) is 12.8. The molecule has 0 spiro atoms. The first kappa shape index (κ1) is 36.2. The molecule has 0 aliphatic carbocycles. The molecule has 0 aromatic rings. The van der Waals surface area contributed by atoms with E-state index in [1.54, 1.807) is 0 Å². The monoisotopic (exact) mass is 532 g/mol. The van der Waals surface area contributed by atoms with Crippen molar-refractivity contribution in [3.8, 4) is 0 Å². The van der Waals surface area contributed by atoms with Crippen LogP contribution in [0.5, 0.6) is 0 Å². The van der Waals surface area contributed by atoms with E-state index in [-0.39, 0.29) is 5.92 Å². The summed E-state index contributed by atoms with van der Waals surface area (Å²) in [5, 5.41) is 18.2. The SMILES string of the molecule is CCC=CCC=CCC=CCCCCCCC(CCCCCCCCCCCCCCCC(=O)O)C(=O)O. The lowest BCUT2D eigenvalue weighted by Crippen LogP contribution is -2.13. The summed E-state index contributed by atoms with van der Waals surface area (Å²) in [7, 11) is 0. The first-order valence-electron chi connectivity index (χ1n) is 16.0. The van der Waals surface area contributed by atoms with Crippen molar-refractivity contribution in [2.75, 3.05) is 0 Å². The summed E-state index contributed by atoms with van der Waals surface area (Å²) in [6, 6.07) is 0. The van der Waals surface area contributed by atoms with E-state index in [9.17, 15) is 14.7 Å². The predicted octanol–water partition coefficient (Wildman–Crippen LogP) is 10.8. The zero-order valence-corrected chi connectivity index (χ0v) is 24.7. The first-order valence-corrected chi connectivity index (χ1v) is 16.0. The van der Waals surface area contributed by atoms with Crippen LogP contribution in [0.2, 0.25) is 0 Å². The van der Waals surface area contributed by atoms with Crippen LogP contribution in [0.1, 0.15) is 161 Å². The van der Waals surface area contributed by atoms with Crippen LogP contribution in [-0.2, 0) is 9.59 Å². The maximum Gasteiger partial charge on any atom is 0.306 e. The zero-order valence-electron chi connectivity index (χ0n) is 24.7. The highest BCUT2D eigenvalue weighted by Gasteiger charge is 2.16. The molecule has 0 bridgehead atoms. The Morgan fingerprint density at radius 2 is 0.921 bits per heavy atom. The third kappa shape index (κ3) is 28.7. The fraction of sp³-hybridized carbons (Fsp3) is 0.765. The Morgan fingerprint density at radius 1 is 0.526 bits per heavy atom. The molecule has 38 heavy (non-hydrogen) atoms. The van der Waals surface area contributed by atoms with Crippen LogP contribution in [0.4, 0.5) is 0 Å². The Kier molecular flexibility index (Phi) is 28.3. The first-order chi connectivity index (χ1) is 18.6. The van der Waals surface area contributed by atoms with Crippen molar-refractivity contribution in [2.24, 2.45) is 5.92 Å². The summed E-state index contributed by atoms with van der Waals surface area (Å²) in [6.07, 6.45) is 39.7. The van der Waals surface area contributed by atoms with Gasteiger partial charge in [-0.1, -0.05) is 140 Å². The number of aliphatic carboxylic acids is 2. The summed E-state index contributed by atoms with van der Waals surface area (Å²) >= 11 is 0. The maximum absolute atomic E-state index is 11.6. The summed E-state index contributed by atoms with van der Waals surface area (Å²) in [5.74, 6) is -1.44. The molecule has 4 heteroatoms. The largest absolute Gasteiger partial charge is 0.481 e. The number of hydrogen-bond acceptors (Lipinski definition) is 2. The van der Waals surface area contributed by atoms with Crippen molar-refractivity contribution < 1.29 is 19.8 Å². The van der Waals surface area contributed by atoms with E-state index in [4.69, 9.17) is 5.11 Å². The fourth-order valence-corrected chi connectivity index (χ4v) is 4.84. The molecule has 0 radical (unpaired) electrons. The molecule has 0 aromatic heterocycles. The summed E-state index contributed by atoms with van der Waals surface area (Å²) in [6.45, 7) is 2.15. The lowest BCUT2D eigenvalue weighted by molar-refractivity contribution is -0.142. The van der Waals surface area contributed by atoms with Crippen LogP contribution < -0.4 is 0 Å². The summed E-state index contributed by atoms with van der Waals surface area (Å²) in [4.78, 5) is 22.1. The predicted molar refractivity (Wildman–Crippen MR) is 163 cm³/mol. The van der Waals surface area contributed by atoms with Gasteiger partial charge in [-0.15, -0.1) is 0 Å². The van der Waals surface area contributed by atoms with Gasteiger partial charge in [-0.25, -0.2) is 0 Å². The van der Waals surface area contributed by atoms with E-state index in [0.29, 0.717) is 6.42 Å². The topological polar surface area (TPSA) is 74.6 Å². The van der Waals surface area contributed by atoms with Gasteiger partial charge >= 0.3 is 11.9 Å². The van der Waals surface area contributed by atoms with Crippen LogP contribution in [0.25, 0.3) is 0 Å². The summed E-state index contributed by atoms with van der Waals surface area (Å²) in [5.41, 5.74) is 0. The van der Waals surface area contributed by atoms with Gasteiger partial charge in [0.05, 0.1) is 5.92 Å². The average Bonchev–Trinajstić information content (AvgIpc) is 2.89. The molecule has 0 aromatic carbocycles. The number of unbranched alkanes of at least 4 members (excludes halogenated alkanes) is 16. The van der Waals surface area contributed by atoms with E-state index < -0.39 is 11.9 Å². The number of allylic oxidation sites excluding steroid dienone is 6. The Morgan fingerprint density at radius 3 is 1.37 bits per heavy atom. The molecule has 1 atom stereocenters. The molecule has 0 saturated heterocycles. The minimum atomic E-state index is -0.678. The third-order valence-corrected chi connectivity index (χ3v) is 7.25. The van der Waals surface area contributed by atoms with Crippen LogP contribution >= 0.6 is 0 Å². The molecule has 0 aliphatic heterocycles. The average molecular weight is 533 g/mol. The van der Waals surface area contributed by atoms with Gasteiger partial charge in [0.15, 0.2) is 0 Å². The smallest absolute Gasteiger partial charge is 0.306 e. The molecule has 0 saturated carbocycles. The zero-order chi connectivity index (χ0) is 27.9. The van der Waals surface area contributed by atoms with E-state index in [1.165, 1.54) is 70.6 Å². The van der Waals surface area contributed by atoms with Gasteiger partial charge in [-0.3, -0.25) is 9.59 Å². The summed E-state index contributed by atoms with van der Waals surface area (Å²) < 4.78 is 0. The Hall–Kier alpha value is -1.84. The van der Waals surface area contributed by atoms with Gasteiger partial charge in [-0.05, 0) is 51.4 Å². The van der Waals surface area contributed by atoms with Crippen molar-refractivity contribution in [1.82, 2.24) is 0 Å². The molecular weight excluding hydrogens is 472 g/mol. The Balaban J connectivity index is 3.51. The second kappa shape index (κ2) is 29.7. The van der Waals surface area contributed by atoms with Gasteiger partial charge in [0.1, 0.15) is 0 Å². The van der Waals surface area contributed by atoms with E-state index in [1.807, 2.05) is 0 Å². The Labute approximate surface area is 235 Å². The van der Waals surface area contributed by atoms with Crippen LogP contribution in [0.3, 0.4) is 0 Å². The standard InChI is InChI=1S/C34H60O4/c1-2-3-4-5-6-7-8-9-11-14-17-20-23-26-29-32(34(37)38)30-27-24-21-18-15-12-10-13-16-19-22-25-28-31-33(35)36/h3-4,6-7,9,11,32H,2,5,8,10,12-31H2,1H3,(H,35,36)(H,37,38). The molecule has 0 amide bonds. The fourth-order valence-electron chi connectivity index (χ4n) is 4.84. The molecule has 0 rings (SSSR count). The van der Waals surface area contributed by atoms with Crippen molar-refractivity contribution in [1.29, 1.82) is 0 Å². The molecule has 1 unspecified atom stereocenters. The second-order valence-corrected chi connectivity index (χ2v) is 10.8.